The largest absolute Gasteiger partial charge is 0.376 e. The SMILES string of the molecule is CCc1nnsc1C(=O)N(CC1CCCO1)c1nc2ccccc2s1. The first-order valence-corrected chi connectivity index (χ1v) is 9.95. The average molecular weight is 374 g/mol. The van der Waals surface area contributed by atoms with E-state index in [9.17, 15) is 4.79 Å². The summed E-state index contributed by atoms with van der Waals surface area (Å²) in [6.07, 6.45) is 2.75. The number of nitrogens with zero attached hydrogens (tertiary/aromatic N) is 4. The summed E-state index contributed by atoms with van der Waals surface area (Å²) in [6.45, 7) is 3.25. The summed E-state index contributed by atoms with van der Waals surface area (Å²) >= 11 is 2.68. The zero-order valence-electron chi connectivity index (χ0n) is 13.8. The summed E-state index contributed by atoms with van der Waals surface area (Å²) in [5.74, 6) is -0.0820. The lowest BCUT2D eigenvalue weighted by atomic mass is 10.2. The number of aromatic nitrogens is 3. The second-order valence-corrected chi connectivity index (χ2v) is 7.68. The summed E-state index contributed by atoms with van der Waals surface area (Å²) in [4.78, 5) is 20.2. The number of para-hydroxylation sites is 1. The van der Waals surface area contributed by atoms with Gasteiger partial charge in [0.1, 0.15) is 4.88 Å². The van der Waals surface area contributed by atoms with Crippen molar-refractivity contribution >= 4 is 44.1 Å². The molecule has 8 heteroatoms. The molecule has 3 heterocycles. The van der Waals surface area contributed by atoms with Crippen LogP contribution in [0.25, 0.3) is 10.2 Å². The fourth-order valence-corrected chi connectivity index (χ4v) is 4.61. The average Bonchev–Trinajstić information content (AvgIpc) is 3.38. The molecular formula is C17H18N4O2S2. The number of benzene rings is 1. The monoisotopic (exact) mass is 374 g/mol. The molecule has 6 nitrogen and oxygen atoms in total. The first-order chi connectivity index (χ1) is 12.3. The van der Waals surface area contributed by atoms with Crippen molar-refractivity contribution in [2.45, 2.75) is 32.3 Å². The second kappa shape index (κ2) is 7.15. The molecule has 0 aliphatic carbocycles. The van der Waals surface area contributed by atoms with Crippen molar-refractivity contribution in [3.05, 3.63) is 34.8 Å². The standard InChI is InChI=1S/C17H18N4O2S2/c1-2-12-15(25-20-19-12)16(22)21(10-11-6-5-9-23-11)17-18-13-7-3-4-8-14(13)24-17/h3-4,7-8,11H,2,5-6,9-10H2,1H3. The van der Waals surface area contributed by atoms with Gasteiger partial charge in [-0.15, -0.1) is 5.10 Å². The van der Waals surface area contributed by atoms with Crippen LogP contribution in [-0.4, -0.2) is 39.7 Å². The topological polar surface area (TPSA) is 68.2 Å². The van der Waals surface area contributed by atoms with E-state index in [-0.39, 0.29) is 12.0 Å². The van der Waals surface area contributed by atoms with Gasteiger partial charge in [-0.2, -0.15) is 0 Å². The summed E-state index contributed by atoms with van der Waals surface area (Å²) in [5.41, 5.74) is 1.65. The number of hydrogen-bond donors (Lipinski definition) is 0. The first kappa shape index (κ1) is 16.6. The van der Waals surface area contributed by atoms with Crippen molar-refractivity contribution in [1.29, 1.82) is 0 Å². The number of thiazole rings is 1. The van der Waals surface area contributed by atoms with Crippen molar-refractivity contribution in [3.8, 4) is 0 Å². The molecule has 1 aromatic carbocycles. The molecular weight excluding hydrogens is 356 g/mol. The minimum Gasteiger partial charge on any atom is -0.376 e. The molecule has 1 amide bonds. The van der Waals surface area contributed by atoms with Crippen LogP contribution in [0.15, 0.2) is 24.3 Å². The molecule has 0 N–H and O–H groups in total. The van der Waals surface area contributed by atoms with Crippen molar-refractivity contribution in [2.24, 2.45) is 0 Å². The summed E-state index contributed by atoms with van der Waals surface area (Å²) in [7, 11) is 0. The van der Waals surface area contributed by atoms with Gasteiger partial charge in [-0.25, -0.2) is 4.98 Å². The van der Waals surface area contributed by atoms with Crippen LogP contribution in [0.2, 0.25) is 0 Å². The van der Waals surface area contributed by atoms with E-state index in [1.807, 2.05) is 31.2 Å². The van der Waals surface area contributed by atoms with E-state index in [4.69, 9.17) is 4.74 Å². The van der Waals surface area contributed by atoms with Gasteiger partial charge in [0.15, 0.2) is 5.13 Å². The summed E-state index contributed by atoms with van der Waals surface area (Å²) in [6, 6.07) is 7.94. The zero-order chi connectivity index (χ0) is 17.2. The molecule has 130 valence electrons. The van der Waals surface area contributed by atoms with Crippen LogP contribution in [0.4, 0.5) is 5.13 Å². The van der Waals surface area contributed by atoms with Gasteiger partial charge in [-0.05, 0) is 42.9 Å². The molecule has 1 aliphatic rings. The van der Waals surface area contributed by atoms with Crippen molar-refractivity contribution in [2.75, 3.05) is 18.1 Å². The maximum atomic E-state index is 13.2. The molecule has 0 radical (unpaired) electrons. The van der Waals surface area contributed by atoms with Gasteiger partial charge in [0.05, 0.1) is 28.6 Å². The molecule has 4 rings (SSSR count). The number of fused-ring (bicyclic) bond motifs is 1. The lowest BCUT2D eigenvalue weighted by Gasteiger charge is -2.22. The highest BCUT2D eigenvalue weighted by Crippen LogP contribution is 2.31. The number of amides is 1. The maximum Gasteiger partial charge on any atom is 0.273 e. The maximum absolute atomic E-state index is 13.2. The Morgan fingerprint density at radius 2 is 2.28 bits per heavy atom. The Morgan fingerprint density at radius 1 is 1.40 bits per heavy atom. The molecule has 1 fully saturated rings. The van der Waals surface area contributed by atoms with Crippen LogP contribution in [0.1, 0.15) is 35.1 Å². The molecule has 25 heavy (non-hydrogen) atoms. The minimum absolute atomic E-state index is 0.0573. The Balaban J connectivity index is 1.71. The quantitative estimate of drug-likeness (QED) is 0.683. The minimum atomic E-state index is -0.0820. The third-order valence-corrected chi connectivity index (χ3v) is 6.07. The lowest BCUT2D eigenvalue weighted by molar-refractivity contribution is 0.0920. The highest BCUT2D eigenvalue weighted by Gasteiger charge is 2.29. The van der Waals surface area contributed by atoms with Crippen LogP contribution in [0, 0.1) is 0 Å². The fourth-order valence-electron chi connectivity index (χ4n) is 2.94. The van der Waals surface area contributed by atoms with Crippen LogP contribution >= 0.6 is 22.9 Å². The number of carbonyl (C=O) groups excluding carboxylic acids is 1. The number of ether oxygens (including phenoxy) is 1. The van der Waals surface area contributed by atoms with Gasteiger partial charge in [0, 0.05) is 6.61 Å². The molecule has 2 aromatic heterocycles. The van der Waals surface area contributed by atoms with Gasteiger partial charge >= 0.3 is 0 Å². The van der Waals surface area contributed by atoms with Gasteiger partial charge in [0.25, 0.3) is 5.91 Å². The Labute approximate surface area is 153 Å². The highest BCUT2D eigenvalue weighted by molar-refractivity contribution is 7.22. The predicted octanol–water partition coefficient (Wildman–Crippen LogP) is 3.54. The summed E-state index contributed by atoms with van der Waals surface area (Å²) < 4.78 is 10.8. The lowest BCUT2D eigenvalue weighted by Crippen LogP contribution is -2.37. The fraction of sp³-hybridized carbons (Fsp3) is 0.412. The van der Waals surface area contributed by atoms with E-state index in [0.29, 0.717) is 23.0 Å². The molecule has 3 aromatic rings. The van der Waals surface area contributed by atoms with Gasteiger partial charge in [-0.1, -0.05) is 34.9 Å². The van der Waals surface area contributed by atoms with Crippen LogP contribution in [0.3, 0.4) is 0 Å². The normalized spacial score (nSPS) is 17.2. The van der Waals surface area contributed by atoms with Gasteiger partial charge < -0.3 is 4.74 Å². The highest BCUT2D eigenvalue weighted by atomic mass is 32.1. The second-order valence-electron chi connectivity index (χ2n) is 5.92. The van der Waals surface area contributed by atoms with Crippen molar-refractivity contribution in [3.63, 3.8) is 0 Å². The molecule has 1 unspecified atom stereocenters. The molecule has 1 saturated heterocycles. The van der Waals surface area contributed by atoms with Crippen molar-refractivity contribution in [1.82, 2.24) is 14.6 Å². The molecule has 1 aliphatic heterocycles. The van der Waals surface area contributed by atoms with Crippen LogP contribution in [-0.2, 0) is 11.2 Å². The number of anilines is 1. The Hall–Kier alpha value is -1.90. The predicted molar refractivity (Wildman–Crippen MR) is 99.6 cm³/mol. The molecule has 1 atom stereocenters. The van der Waals surface area contributed by atoms with Crippen LogP contribution in [0.5, 0.6) is 0 Å². The number of aryl methyl sites for hydroxylation is 1. The summed E-state index contributed by atoms with van der Waals surface area (Å²) in [5, 5.41) is 4.78. The van der Waals surface area contributed by atoms with E-state index in [1.54, 1.807) is 4.90 Å². The van der Waals surface area contributed by atoms with E-state index in [1.165, 1.54) is 11.3 Å². The van der Waals surface area contributed by atoms with Gasteiger partial charge in [-0.3, -0.25) is 9.69 Å². The Morgan fingerprint density at radius 3 is 3.04 bits per heavy atom. The van der Waals surface area contributed by atoms with Gasteiger partial charge in [0.2, 0.25) is 0 Å². The number of hydrogen-bond acceptors (Lipinski definition) is 7. The number of rotatable bonds is 5. The third kappa shape index (κ3) is 3.29. The van der Waals surface area contributed by atoms with Crippen LogP contribution < -0.4 is 4.90 Å². The first-order valence-electron chi connectivity index (χ1n) is 8.36. The zero-order valence-corrected chi connectivity index (χ0v) is 15.5. The molecule has 0 saturated carbocycles. The third-order valence-electron chi connectivity index (χ3n) is 4.25. The van der Waals surface area contributed by atoms with E-state index >= 15 is 0 Å². The number of carbonyl (C=O) groups is 1. The smallest absolute Gasteiger partial charge is 0.273 e. The Bertz CT molecular complexity index is 853. The molecule has 0 bridgehead atoms. The van der Waals surface area contributed by atoms with E-state index in [2.05, 4.69) is 14.6 Å². The van der Waals surface area contributed by atoms with Crippen molar-refractivity contribution < 1.29 is 9.53 Å². The van der Waals surface area contributed by atoms with E-state index in [0.717, 1.165) is 46.9 Å². The van der Waals surface area contributed by atoms with E-state index < -0.39 is 0 Å². The molecule has 0 spiro atoms. The Kier molecular flexibility index (Phi) is 4.74.